The van der Waals surface area contributed by atoms with E-state index in [0.717, 1.165) is 47.6 Å². The SMILES string of the molecule is CCCCc1nc(NCCC)c(Br)c(C(C)(C)C)n1. The zero-order valence-corrected chi connectivity index (χ0v) is 14.4. The second kappa shape index (κ2) is 7.22. The molecule has 0 aliphatic rings. The van der Waals surface area contributed by atoms with E-state index in [-0.39, 0.29) is 5.41 Å². The van der Waals surface area contributed by atoms with E-state index in [2.05, 4.69) is 60.8 Å². The number of halogens is 1. The van der Waals surface area contributed by atoms with Crippen LogP contribution in [-0.2, 0) is 11.8 Å². The summed E-state index contributed by atoms with van der Waals surface area (Å²) in [5.74, 6) is 1.89. The van der Waals surface area contributed by atoms with E-state index in [1.54, 1.807) is 0 Å². The summed E-state index contributed by atoms with van der Waals surface area (Å²) in [6.07, 6.45) is 4.35. The van der Waals surface area contributed by atoms with Crippen molar-refractivity contribution >= 4 is 21.7 Å². The van der Waals surface area contributed by atoms with Gasteiger partial charge in [0.05, 0.1) is 10.2 Å². The highest BCUT2D eigenvalue weighted by Gasteiger charge is 2.22. The summed E-state index contributed by atoms with van der Waals surface area (Å²) in [6.45, 7) is 11.9. The molecular weight excluding hydrogens is 302 g/mol. The van der Waals surface area contributed by atoms with Crippen molar-refractivity contribution in [1.82, 2.24) is 9.97 Å². The Bertz CT molecular complexity index is 411. The number of nitrogens with one attached hydrogen (secondary N) is 1. The van der Waals surface area contributed by atoms with Crippen LogP contribution in [-0.4, -0.2) is 16.5 Å². The molecule has 0 atom stereocenters. The normalized spacial score (nSPS) is 11.7. The van der Waals surface area contributed by atoms with Crippen LogP contribution < -0.4 is 5.32 Å². The van der Waals surface area contributed by atoms with Crippen LogP contribution in [0.3, 0.4) is 0 Å². The van der Waals surface area contributed by atoms with Crippen molar-refractivity contribution in [2.75, 3.05) is 11.9 Å². The zero-order valence-electron chi connectivity index (χ0n) is 12.8. The molecule has 4 heteroatoms. The summed E-state index contributed by atoms with van der Waals surface area (Å²) in [5, 5.41) is 3.39. The first-order valence-corrected chi connectivity index (χ1v) is 8.00. The van der Waals surface area contributed by atoms with Crippen molar-refractivity contribution in [3.05, 3.63) is 16.0 Å². The Kier molecular flexibility index (Phi) is 6.24. The molecule has 0 radical (unpaired) electrons. The van der Waals surface area contributed by atoms with E-state index < -0.39 is 0 Å². The molecule has 0 bridgehead atoms. The summed E-state index contributed by atoms with van der Waals surface area (Å²) in [6, 6.07) is 0. The van der Waals surface area contributed by atoms with E-state index in [4.69, 9.17) is 4.98 Å². The van der Waals surface area contributed by atoms with E-state index >= 15 is 0 Å². The summed E-state index contributed by atoms with van der Waals surface area (Å²) in [4.78, 5) is 9.40. The summed E-state index contributed by atoms with van der Waals surface area (Å²) >= 11 is 3.66. The maximum Gasteiger partial charge on any atom is 0.144 e. The fraction of sp³-hybridized carbons (Fsp3) is 0.733. The van der Waals surface area contributed by atoms with Crippen molar-refractivity contribution in [3.63, 3.8) is 0 Å². The van der Waals surface area contributed by atoms with Crippen LogP contribution in [0.4, 0.5) is 5.82 Å². The third-order valence-electron chi connectivity index (χ3n) is 2.90. The van der Waals surface area contributed by atoms with Crippen LogP contribution in [0, 0.1) is 0 Å². The lowest BCUT2D eigenvalue weighted by atomic mass is 9.91. The number of rotatable bonds is 6. The maximum absolute atomic E-state index is 4.75. The molecule has 0 unspecified atom stereocenters. The van der Waals surface area contributed by atoms with Gasteiger partial charge in [0.1, 0.15) is 11.6 Å². The first-order chi connectivity index (χ1) is 8.90. The van der Waals surface area contributed by atoms with Crippen molar-refractivity contribution in [2.24, 2.45) is 0 Å². The Morgan fingerprint density at radius 2 is 1.79 bits per heavy atom. The van der Waals surface area contributed by atoms with E-state index in [9.17, 15) is 0 Å². The number of anilines is 1. The molecule has 0 spiro atoms. The molecule has 0 aliphatic heterocycles. The number of hydrogen-bond donors (Lipinski definition) is 1. The summed E-state index contributed by atoms with van der Waals surface area (Å²) in [7, 11) is 0. The molecule has 108 valence electrons. The molecular formula is C15H26BrN3. The third kappa shape index (κ3) is 4.75. The number of hydrogen-bond acceptors (Lipinski definition) is 3. The van der Waals surface area contributed by atoms with Gasteiger partial charge in [-0.1, -0.05) is 41.0 Å². The summed E-state index contributed by atoms with van der Waals surface area (Å²) < 4.78 is 1.01. The first-order valence-electron chi connectivity index (χ1n) is 7.20. The minimum atomic E-state index is 0.0192. The lowest BCUT2D eigenvalue weighted by Gasteiger charge is -2.22. The highest BCUT2D eigenvalue weighted by Crippen LogP contribution is 2.32. The Morgan fingerprint density at radius 3 is 2.32 bits per heavy atom. The molecule has 0 aliphatic carbocycles. The minimum absolute atomic E-state index is 0.0192. The van der Waals surface area contributed by atoms with Crippen LogP contribution in [0.25, 0.3) is 0 Å². The predicted octanol–water partition coefficient (Wildman–Crippen LogP) is 4.70. The van der Waals surface area contributed by atoms with Gasteiger partial charge in [-0.05, 0) is 28.8 Å². The lowest BCUT2D eigenvalue weighted by molar-refractivity contribution is 0.556. The number of aromatic nitrogens is 2. The average molecular weight is 328 g/mol. The van der Waals surface area contributed by atoms with Gasteiger partial charge in [-0.2, -0.15) is 0 Å². The zero-order chi connectivity index (χ0) is 14.5. The number of aryl methyl sites for hydroxylation is 1. The van der Waals surface area contributed by atoms with Crippen LogP contribution in [0.1, 0.15) is 65.4 Å². The van der Waals surface area contributed by atoms with Gasteiger partial charge in [0.25, 0.3) is 0 Å². The predicted molar refractivity (Wildman–Crippen MR) is 85.8 cm³/mol. The molecule has 1 N–H and O–H groups in total. The Hall–Kier alpha value is -0.640. The van der Waals surface area contributed by atoms with Gasteiger partial charge < -0.3 is 5.32 Å². The van der Waals surface area contributed by atoms with Gasteiger partial charge in [0, 0.05) is 18.4 Å². The van der Waals surface area contributed by atoms with Crippen molar-refractivity contribution in [2.45, 2.75) is 65.7 Å². The molecule has 0 aromatic carbocycles. The molecule has 1 rings (SSSR count). The van der Waals surface area contributed by atoms with Crippen LogP contribution >= 0.6 is 15.9 Å². The fourth-order valence-corrected chi connectivity index (χ4v) is 2.71. The van der Waals surface area contributed by atoms with Gasteiger partial charge in [0.2, 0.25) is 0 Å². The van der Waals surface area contributed by atoms with Crippen LogP contribution in [0.5, 0.6) is 0 Å². The van der Waals surface area contributed by atoms with E-state index in [0.29, 0.717) is 0 Å². The lowest BCUT2D eigenvalue weighted by Crippen LogP contribution is -2.18. The molecule has 1 aromatic rings. The Balaban J connectivity index is 3.14. The fourth-order valence-electron chi connectivity index (χ4n) is 1.80. The van der Waals surface area contributed by atoms with Crippen LogP contribution in [0.15, 0.2) is 4.47 Å². The maximum atomic E-state index is 4.75. The topological polar surface area (TPSA) is 37.8 Å². The van der Waals surface area contributed by atoms with Gasteiger partial charge in [-0.3, -0.25) is 0 Å². The smallest absolute Gasteiger partial charge is 0.144 e. The van der Waals surface area contributed by atoms with Gasteiger partial charge in [-0.25, -0.2) is 9.97 Å². The number of unbranched alkanes of at least 4 members (excludes halogenated alkanes) is 1. The van der Waals surface area contributed by atoms with Crippen LogP contribution in [0.2, 0.25) is 0 Å². The average Bonchev–Trinajstić information content (AvgIpc) is 2.34. The summed E-state index contributed by atoms with van der Waals surface area (Å²) in [5.41, 5.74) is 1.11. The largest absolute Gasteiger partial charge is 0.369 e. The molecule has 19 heavy (non-hydrogen) atoms. The van der Waals surface area contributed by atoms with Gasteiger partial charge in [0.15, 0.2) is 0 Å². The van der Waals surface area contributed by atoms with Crippen molar-refractivity contribution in [3.8, 4) is 0 Å². The minimum Gasteiger partial charge on any atom is -0.369 e. The highest BCUT2D eigenvalue weighted by atomic mass is 79.9. The second-order valence-corrected chi connectivity index (χ2v) is 6.72. The quantitative estimate of drug-likeness (QED) is 0.822. The van der Waals surface area contributed by atoms with Crippen molar-refractivity contribution < 1.29 is 0 Å². The van der Waals surface area contributed by atoms with Crippen molar-refractivity contribution in [1.29, 1.82) is 0 Å². The Labute approximate surface area is 125 Å². The number of nitrogens with zero attached hydrogens (tertiary/aromatic N) is 2. The second-order valence-electron chi connectivity index (χ2n) is 5.93. The molecule has 0 saturated heterocycles. The molecule has 0 fully saturated rings. The third-order valence-corrected chi connectivity index (χ3v) is 3.66. The van der Waals surface area contributed by atoms with Gasteiger partial charge in [-0.15, -0.1) is 0 Å². The first kappa shape index (κ1) is 16.4. The molecule has 1 aromatic heterocycles. The van der Waals surface area contributed by atoms with Gasteiger partial charge >= 0.3 is 0 Å². The Morgan fingerprint density at radius 1 is 1.11 bits per heavy atom. The van der Waals surface area contributed by atoms with E-state index in [1.807, 2.05) is 0 Å². The highest BCUT2D eigenvalue weighted by molar-refractivity contribution is 9.10. The molecule has 0 amide bonds. The molecule has 3 nitrogen and oxygen atoms in total. The van der Waals surface area contributed by atoms with E-state index in [1.165, 1.54) is 6.42 Å². The monoisotopic (exact) mass is 327 g/mol. The standard InChI is InChI=1S/C15H26BrN3/c1-6-8-9-11-18-13(15(3,4)5)12(16)14(19-11)17-10-7-2/h6-10H2,1-5H3,(H,17,18,19). The molecule has 1 heterocycles. The molecule has 0 saturated carbocycles.